The number of esters is 1. The van der Waals surface area contributed by atoms with Crippen LogP contribution in [0.4, 0.5) is 0 Å². The Morgan fingerprint density at radius 1 is 1.30 bits per heavy atom. The molecule has 1 heterocycles. The van der Waals surface area contributed by atoms with E-state index in [1.807, 2.05) is 36.4 Å². The predicted octanol–water partition coefficient (Wildman–Crippen LogP) is 2.85. The minimum Gasteiger partial charge on any atom is -0.468 e. The summed E-state index contributed by atoms with van der Waals surface area (Å²) in [6, 6.07) is 12.9. The Hall–Kier alpha value is -1.72. The van der Waals surface area contributed by atoms with Crippen molar-refractivity contribution >= 4 is 21.9 Å². The smallest absolute Gasteiger partial charge is 0.329 e. The van der Waals surface area contributed by atoms with Crippen molar-refractivity contribution in [3.8, 4) is 0 Å². The quantitative estimate of drug-likeness (QED) is 0.854. The topological polar surface area (TPSA) is 51.2 Å². The van der Waals surface area contributed by atoms with E-state index in [0.29, 0.717) is 12.2 Å². The number of rotatable bonds is 5. The van der Waals surface area contributed by atoms with Crippen molar-refractivity contribution in [1.29, 1.82) is 0 Å². The lowest BCUT2D eigenvalue weighted by molar-refractivity contribution is -0.143. The number of carbonyl (C=O) groups excluding carboxylic acids is 1. The maximum atomic E-state index is 11.9. The molecule has 20 heavy (non-hydrogen) atoms. The first-order chi connectivity index (χ1) is 9.70. The zero-order chi connectivity index (χ0) is 14.4. The Morgan fingerprint density at radius 2 is 2.05 bits per heavy atom. The molecule has 2 rings (SSSR count). The van der Waals surface area contributed by atoms with Crippen LogP contribution in [-0.4, -0.2) is 18.1 Å². The highest BCUT2D eigenvalue weighted by molar-refractivity contribution is 9.10. The van der Waals surface area contributed by atoms with Crippen molar-refractivity contribution in [3.05, 3.63) is 64.4 Å². The first-order valence-electron chi connectivity index (χ1n) is 6.17. The molecule has 0 saturated heterocycles. The van der Waals surface area contributed by atoms with E-state index in [9.17, 15) is 4.79 Å². The standard InChI is InChI=1S/C15H15BrN2O2/c1-20-15(19)14(13-8-7-12(16)10-17-13)18-9-11-5-3-2-4-6-11/h2-8,10,14,18H,9H2,1H3. The molecule has 1 N–H and O–H groups in total. The van der Waals surface area contributed by atoms with Crippen molar-refractivity contribution in [1.82, 2.24) is 10.3 Å². The molecule has 0 bridgehead atoms. The molecule has 0 aliphatic heterocycles. The molecule has 104 valence electrons. The Labute approximate surface area is 126 Å². The minimum atomic E-state index is -0.576. The van der Waals surface area contributed by atoms with Gasteiger partial charge in [0.1, 0.15) is 6.04 Å². The lowest BCUT2D eigenvalue weighted by Gasteiger charge is -2.16. The van der Waals surface area contributed by atoms with E-state index in [1.165, 1.54) is 7.11 Å². The van der Waals surface area contributed by atoms with Gasteiger partial charge in [0, 0.05) is 17.2 Å². The molecule has 1 aromatic heterocycles. The number of carbonyl (C=O) groups is 1. The molecule has 0 spiro atoms. The molecule has 0 fully saturated rings. The Kier molecular flexibility index (Phi) is 5.26. The van der Waals surface area contributed by atoms with Gasteiger partial charge < -0.3 is 4.74 Å². The van der Waals surface area contributed by atoms with Gasteiger partial charge in [-0.15, -0.1) is 0 Å². The van der Waals surface area contributed by atoms with Crippen molar-refractivity contribution < 1.29 is 9.53 Å². The molecule has 1 atom stereocenters. The van der Waals surface area contributed by atoms with E-state index < -0.39 is 6.04 Å². The van der Waals surface area contributed by atoms with E-state index in [4.69, 9.17) is 4.74 Å². The highest BCUT2D eigenvalue weighted by Gasteiger charge is 2.22. The number of hydrogen-bond acceptors (Lipinski definition) is 4. The van der Waals surface area contributed by atoms with Crippen LogP contribution in [-0.2, 0) is 16.1 Å². The largest absolute Gasteiger partial charge is 0.468 e. The fraction of sp³-hybridized carbons (Fsp3) is 0.200. The Balaban J connectivity index is 2.12. The number of nitrogens with zero attached hydrogens (tertiary/aromatic N) is 1. The van der Waals surface area contributed by atoms with Crippen LogP contribution < -0.4 is 5.32 Å². The number of benzene rings is 1. The van der Waals surface area contributed by atoms with Gasteiger partial charge >= 0.3 is 5.97 Å². The number of nitrogens with one attached hydrogen (secondary N) is 1. The van der Waals surface area contributed by atoms with E-state index in [1.54, 1.807) is 12.3 Å². The molecule has 2 aromatic rings. The molecular weight excluding hydrogens is 320 g/mol. The third-order valence-electron chi connectivity index (χ3n) is 2.84. The van der Waals surface area contributed by atoms with Crippen molar-refractivity contribution in [2.45, 2.75) is 12.6 Å². The molecule has 0 aliphatic carbocycles. The van der Waals surface area contributed by atoms with Gasteiger partial charge in [0.25, 0.3) is 0 Å². The maximum absolute atomic E-state index is 11.9. The molecule has 0 saturated carbocycles. The Bertz CT molecular complexity index is 558. The van der Waals surface area contributed by atoms with E-state index in [2.05, 4.69) is 26.2 Å². The van der Waals surface area contributed by atoms with Gasteiger partial charge in [0.05, 0.1) is 12.8 Å². The van der Waals surface area contributed by atoms with Crippen molar-refractivity contribution in [3.63, 3.8) is 0 Å². The third kappa shape index (κ3) is 3.88. The number of halogens is 1. The summed E-state index contributed by atoms with van der Waals surface area (Å²) in [5.74, 6) is -0.351. The molecule has 5 heteroatoms. The molecular formula is C15H15BrN2O2. The monoisotopic (exact) mass is 334 g/mol. The van der Waals surface area contributed by atoms with Gasteiger partial charge in [-0.25, -0.2) is 4.79 Å². The average Bonchev–Trinajstić information content (AvgIpc) is 2.50. The summed E-state index contributed by atoms with van der Waals surface area (Å²) in [5, 5.41) is 3.17. The van der Waals surface area contributed by atoms with Crippen LogP contribution in [0.5, 0.6) is 0 Å². The van der Waals surface area contributed by atoms with Crippen LogP contribution in [0.1, 0.15) is 17.3 Å². The highest BCUT2D eigenvalue weighted by Crippen LogP contribution is 2.16. The number of aromatic nitrogens is 1. The minimum absolute atomic E-state index is 0.351. The van der Waals surface area contributed by atoms with Crippen LogP contribution in [0.3, 0.4) is 0 Å². The van der Waals surface area contributed by atoms with Crippen molar-refractivity contribution in [2.24, 2.45) is 0 Å². The summed E-state index contributed by atoms with van der Waals surface area (Å²) in [6.07, 6.45) is 1.66. The SMILES string of the molecule is COC(=O)C(NCc1ccccc1)c1ccc(Br)cn1. The maximum Gasteiger partial charge on any atom is 0.329 e. The first kappa shape index (κ1) is 14.7. The summed E-state index contributed by atoms with van der Waals surface area (Å²) >= 11 is 3.33. The van der Waals surface area contributed by atoms with E-state index >= 15 is 0 Å². The van der Waals surface area contributed by atoms with Crippen LogP contribution in [0.2, 0.25) is 0 Å². The van der Waals surface area contributed by atoms with E-state index in [-0.39, 0.29) is 5.97 Å². The van der Waals surface area contributed by atoms with Gasteiger partial charge in [-0.05, 0) is 33.6 Å². The second-order valence-electron chi connectivity index (χ2n) is 4.22. The molecule has 0 radical (unpaired) electrons. The predicted molar refractivity (Wildman–Crippen MR) is 80.0 cm³/mol. The van der Waals surface area contributed by atoms with Gasteiger partial charge in [-0.2, -0.15) is 0 Å². The summed E-state index contributed by atoms with van der Waals surface area (Å²) in [4.78, 5) is 16.1. The molecule has 0 amide bonds. The van der Waals surface area contributed by atoms with Gasteiger partial charge in [-0.1, -0.05) is 30.3 Å². The fourth-order valence-corrected chi connectivity index (χ4v) is 2.03. The van der Waals surface area contributed by atoms with E-state index in [0.717, 1.165) is 10.0 Å². The molecule has 1 unspecified atom stereocenters. The zero-order valence-electron chi connectivity index (χ0n) is 11.0. The second kappa shape index (κ2) is 7.17. The van der Waals surface area contributed by atoms with Crippen LogP contribution in [0.25, 0.3) is 0 Å². The number of methoxy groups -OCH3 is 1. The van der Waals surface area contributed by atoms with Crippen molar-refractivity contribution in [2.75, 3.05) is 7.11 Å². The molecule has 0 aliphatic rings. The van der Waals surface area contributed by atoms with Crippen LogP contribution in [0, 0.1) is 0 Å². The lowest BCUT2D eigenvalue weighted by Crippen LogP contribution is -2.30. The average molecular weight is 335 g/mol. The number of hydrogen-bond donors (Lipinski definition) is 1. The van der Waals surface area contributed by atoms with Crippen LogP contribution >= 0.6 is 15.9 Å². The Morgan fingerprint density at radius 3 is 2.65 bits per heavy atom. The second-order valence-corrected chi connectivity index (χ2v) is 5.14. The summed E-state index contributed by atoms with van der Waals surface area (Å²) in [7, 11) is 1.37. The number of pyridine rings is 1. The molecule has 4 nitrogen and oxygen atoms in total. The summed E-state index contributed by atoms with van der Waals surface area (Å²) in [5.41, 5.74) is 1.73. The third-order valence-corrected chi connectivity index (χ3v) is 3.31. The van der Waals surface area contributed by atoms with Gasteiger partial charge in [0.2, 0.25) is 0 Å². The summed E-state index contributed by atoms with van der Waals surface area (Å²) < 4.78 is 5.70. The lowest BCUT2D eigenvalue weighted by atomic mass is 10.1. The summed E-state index contributed by atoms with van der Waals surface area (Å²) in [6.45, 7) is 0.568. The molecule has 1 aromatic carbocycles. The van der Waals surface area contributed by atoms with Crippen LogP contribution in [0.15, 0.2) is 53.1 Å². The number of ether oxygens (including phenoxy) is 1. The van der Waals surface area contributed by atoms with Gasteiger partial charge in [0.15, 0.2) is 0 Å². The fourth-order valence-electron chi connectivity index (χ4n) is 1.80. The zero-order valence-corrected chi connectivity index (χ0v) is 12.6. The highest BCUT2D eigenvalue weighted by atomic mass is 79.9. The van der Waals surface area contributed by atoms with Gasteiger partial charge in [-0.3, -0.25) is 10.3 Å². The normalized spacial score (nSPS) is 11.9. The first-order valence-corrected chi connectivity index (χ1v) is 6.96.